The third-order valence-corrected chi connectivity index (χ3v) is 1.56. The van der Waals surface area contributed by atoms with Crippen molar-refractivity contribution >= 4 is 6.15 Å². The number of carbonyl (C=O) groups excluding carboxylic acids is 2. The van der Waals surface area contributed by atoms with E-state index in [1.54, 1.807) is 7.11 Å². The maximum atomic E-state index is 8.12. The molecule has 0 unspecified atom stereocenters. The first-order valence-corrected chi connectivity index (χ1v) is 3.76. The molecule has 70 valence electrons. The maximum absolute atomic E-state index is 8.12. The van der Waals surface area contributed by atoms with Crippen LogP contribution >= 0.6 is 0 Å². The van der Waals surface area contributed by atoms with Gasteiger partial charge in [-0.25, -0.2) is 0 Å². The number of methoxy groups -OCH3 is 1. The van der Waals surface area contributed by atoms with Crippen LogP contribution in [0.25, 0.3) is 0 Å². The average Bonchev–Trinajstić information content (AvgIpc) is 2.10. The summed E-state index contributed by atoms with van der Waals surface area (Å²) in [7, 11) is 1.70. The van der Waals surface area contributed by atoms with Gasteiger partial charge in [0, 0.05) is 0 Å². The molecule has 0 heterocycles. The van der Waals surface area contributed by atoms with Gasteiger partial charge in [-0.05, 0) is 31.0 Å². The first-order chi connectivity index (χ1) is 6.15. The molecular formula is C10H12O3. The van der Waals surface area contributed by atoms with Crippen LogP contribution in [0.4, 0.5) is 0 Å². The van der Waals surface area contributed by atoms with E-state index in [0.717, 1.165) is 5.75 Å². The molecule has 0 fully saturated rings. The minimum atomic E-state index is 0.250. The number of benzene rings is 1. The lowest BCUT2D eigenvalue weighted by atomic mass is 10.1. The van der Waals surface area contributed by atoms with E-state index in [0.29, 0.717) is 0 Å². The van der Waals surface area contributed by atoms with Gasteiger partial charge < -0.3 is 4.74 Å². The Morgan fingerprint density at radius 1 is 1.23 bits per heavy atom. The van der Waals surface area contributed by atoms with E-state index in [1.807, 2.05) is 13.0 Å². The van der Waals surface area contributed by atoms with E-state index in [9.17, 15) is 0 Å². The summed E-state index contributed by atoms with van der Waals surface area (Å²) in [5, 5.41) is 0. The zero-order valence-electron chi connectivity index (χ0n) is 7.96. The van der Waals surface area contributed by atoms with Crippen LogP contribution in [0.1, 0.15) is 11.1 Å². The number of rotatable bonds is 1. The van der Waals surface area contributed by atoms with E-state index >= 15 is 0 Å². The van der Waals surface area contributed by atoms with E-state index in [4.69, 9.17) is 14.3 Å². The fourth-order valence-electron chi connectivity index (χ4n) is 0.927. The molecule has 0 amide bonds. The van der Waals surface area contributed by atoms with Gasteiger partial charge in [-0.1, -0.05) is 12.1 Å². The van der Waals surface area contributed by atoms with Gasteiger partial charge in [-0.3, -0.25) is 0 Å². The summed E-state index contributed by atoms with van der Waals surface area (Å²) in [6, 6.07) is 6.18. The smallest absolute Gasteiger partial charge is 0.373 e. The van der Waals surface area contributed by atoms with Gasteiger partial charge in [0.2, 0.25) is 0 Å². The van der Waals surface area contributed by atoms with Gasteiger partial charge in [-0.15, -0.1) is 0 Å². The molecule has 0 bridgehead atoms. The van der Waals surface area contributed by atoms with E-state index in [-0.39, 0.29) is 6.15 Å². The van der Waals surface area contributed by atoms with Crippen molar-refractivity contribution in [3.05, 3.63) is 29.3 Å². The Hall–Kier alpha value is -1.60. The molecule has 0 saturated carbocycles. The molecule has 1 aromatic carbocycles. The molecule has 0 spiro atoms. The summed E-state index contributed by atoms with van der Waals surface area (Å²) < 4.78 is 5.13. The number of aryl methyl sites for hydroxylation is 2. The van der Waals surface area contributed by atoms with Gasteiger partial charge in [0.05, 0.1) is 7.11 Å². The lowest BCUT2D eigenvalue weighted by Crippen LogP contribution is -1.86. The standard InChI is InChI=1S/C9H12O.CO2/c1-7-4-5-8(2)9(6-7)10-3;2-1-3/h4-6H,1-3H3;. The van der Waals surface area contributed by atoms with Crippen molar-refractivity contribution in [1.29, 1.82) is 0 Å². The van der Waals surface area contributed by atoms with E-state index < -0.39 is 0 Å². The molecule has 0 aromatic heterocycles. The summed E-state index contributed by atoms with van der Waals surface area (Å²) in [5.41, 5.74) is 2.43. The summed E-state index contributed by atoms with van der Waals surface area (Å²) >= 11 is 0. The molecule has 0 radical (unpaired) electrons. The molecule has 0 aliphatic carbocycles. The van der Waals surface area contributed by atoms with Crippen molar-refractivity contribution in [3.63, 3.8) is 0 Å². The molecule has 1 rings (SSSR count). The summed E-state index contributed by atoms with van der Waals surface area (Å²) in [6.07, 6.45) is 0.250. The Morgan fingerprint density at radius 2 is 1.77 bits per heavy atom. The Labute approximate surface area is 77.3 Å². The number of hydrogen-bond acceptors (Lipinski definition) is 3. The quantitative estimate of drug-likeness (QED) is 0.661. The van der Waals surface area contributed by atoms with Crippen molar-refractivity contribution in [3.8, 4) is 5.75 Å². The predicted octanol–water partition coefficient (Wildman–Crippen LogP) is 1.73. The van der Waals surface area contributed by atoms with Crippen LogP contribution in [0, 0.1) is 13.8 Å². The molecule has 0 aliphatic rings. The lowest BCUT2D eigenvalue weighted by Gasteiger charge is -2.03. The summed E-state index contributed by atoms with van der Waals surface area (Å²) in [4.78, 5) is 16.2. The summed E-state index contributed by atoms with van der Waals surface area (Å²) in [5.74, 6) is 0.972. The fraction of sp³-hybridized carbons (Fsp3) is 0.300. The zero-order valence-corrected chi connectivity index (χ0v) is 7.96. The maximum Gasteiger partial charge on any atom is 0.373 e. The zero-order chi connectivity index (χ0) is 10.3. The largest absolute Gasteiger partial charge is 0.496 e. The van der Waals surface area contributed by atoms with Crippen LogP contribution < -0.4 is 4.74 Å². The van der Waals surface area contributed by atoms with Gasteiger partial charge in [0.15, 0.2) is 0 Å². The van der Waals surface area contributed by atoms with Crippen LogP contribution in [0.15, 0.2) is 18.2 Å². The Balaban J connectivity index is 0.000000424. The van der Waals surface area contributed by atoms with Crippen LogP contribution in [0.3, 0.4) is 0 Å². The highest BCUT2D eigenvalue weighted by Crippen LogP contribution is 2.17. The Bertz CT molecular complexity index is 299. The van der Waals surface area contributed by atoms with Gasteiger partial charge in [-0.2, -0.15) is 9.59 Å². The molecular weight excluding hydrogens is 168 g/mol. The second-order valence-electron chi connectivity index (χ2n) is 2.56. The number of ether oxygens (including phenoxy) is 1. The molecule has 13 heavy (non-hydrogen) atoms. The van der Waals surface area contributed by atoms with Crippen molar-refractivity contribution in [2.45, 2.75) is 13.8 Å². The van der Waals surface area contributed by atoms with E-state index in [2.05, 4.69) is 19.1 Å². The molecule has 0 atom stereocenters. The van der Waals surface area contributed by atoms with Gasteiger partial charge >= 0.3 is 6.15 Å². The minimum absolute atomic E-state index is 0.250. The van der Waals surface area contributed by atoms with Crippen LogP contribution in [0.5, 0.6) is 5.75 Å². The Morgan fingerprint density at radius 3 is 2.15 bits per heavy atom. The second-order valence-corrected chi connectivity index (χ2v) is 2.56. The minimum Gasteiger partial charge on any atom is -0.496 e. The van der Waals surface area contributed by atoms with Crippen molar-refractivity contribution in [2.24, 2.45) is 0 Å². The first kappa shape index (κ1) is 11.4. The lowest BCUT2D eigenvalue weighted by molar-refractivity contribution is -0.191. The monoisotopic (exact) mass is 180 g/mol. The van der Waals surface area contributed by atoms with Gasteiger partial charge in [0.1, 0.15) is 5.75 Å². The highest BCUT2D eigenvalue weighted by Gasteiger charge is 1.94. The van der Waals surface area contributed by atoms with Crippen LogP contribution in [0.2, 0.25) is 0 Å². The average molecular weight is 180 g/mol. The third kappa shape index (κ3) is 4.09. The highest BCUT2D eigenvalue weighted by molar-refractivity contribution is 5.35. The predicted molar refractivity (Wildman–Crippen MR) is 47.5 cm³/mol. The molecule has 3 nitrogen and oxygen atoms in total. The van der Waals surface area contributed by atoms with Crippen molar-refractivity contribution < 1.29 is 14.3 Å². The highest BCUT2D eigenvalue weighted by atomic mass is 16.5. The SMILES string of the molecule is COc1cc(C)ccc1C.O=C=O. The van der Waals surface area contributed by atoms with Crippen LogP contribution in [-0.2, 0) is 9.59 Å². The normalized spacial score (nSPS) is 7.92. The topological polar surface area (TPSA) is 43.4 Å². The van der Waals surface area contributed by atoms with Crippen molar-refractivity contribution in [2.75, 3.05) is 7.11 Å². The molecule has 1 aromatic rings. The summed E-state index contributed by atoms with van der Waals surface area (Å²) in [6.45, 7) is 4.10. The van der Waals surface area contributed by atoms with E-state index in [1.165, 1.54) is 11.1 Å². The molecule has 0 N–H and O–H groups in total. The second kappa shape index (κ2) is 5.98. The first-order valence-electron chi connectivity index (χ1n) is 3.76. The third-order valence-electron chi connectivity index (χ3n) is 1.56. The number of hydrogen-bond donors (Lipinski definition) is 0. The van der Waals surface area contributed by atoms with Crippen molar-refractivity contribution in [1.82, 2.24) is 0 Å². The fourth-order valence-corrected chi connectivity index (χ4v) is 0.927. The Kier molecular flexibility index (Phi) is 5.24. The molecule has 0 aliphatic heterocycles. The van der Waals surface area contributed by atoms with Crippen LogP contribution in [-0.4, -0.2) is 13.3 Å². The van der Waals surface area contributed by atoms with Gasteiger partial charge in [0.25, 0.3) is 0 Å². The molecule has 0 saturated heterocycles. The molecule has 3 heteroatoms.